The van der Waals surface area contributed by atoms with E-state index in [4.69, 9.17) is 11.6 Å². The van der Waals surface area contributed by atoms with Gasteiger partial charge in [0.05, 0.1) is 5.60 Å². The summed E-state index contributed by atoms with van der Waals surface area (Å²) in [5.74, 6) is 0. The van der Waals surface area contributed by atoms with E-state index in [1.54, 1.807) is 19.1 Å². The number of hydrogen-bond donors (Lipinski definition) is 2. The number of nitrogens with one attached hydrogen (secondary N) is 1. The van der Waals surface area contributed by atoms with Crippen molar-refractivity contribution in [3.05, 3.63) is 34.9 Å². The molecule has 2 N–H and O–H groups in total. The summed E-state index contributed by atoms with van der Waals surface area (Å²) in [6.45, 7) is 6.44. The molecule has 0 saturated heterocycles. The molecule has 2 nitrogen and oxygen atoms in total. The molecule has 1 aromatic carbocycles. The van der Waals surface area contributed by atoms with Gasteiger partial charge in [-0.3, -0.25) is 0 Å². The van der Waals surface area contributed by atoms with Crippen LogP contribution in [0.3, 0.4) is 0 Å². The fourth-order valence-corrected chi connectivity index (χ4v) is 1.44. The molecule has 0 amide bonds. The van der Waals surface area contributed by atoms with Gasteiger partial charge in [0.1, 0.15) is 0 Å². The Balaban J connectivity index is 0.00000225. The predicted molar refractivity (Wildman–Crippen MR) is 64.2 cm³/mol. The largest absolute Gasteiger partial charge is 1.00 e. The lowest BCUT2D eigenvalue weighted by atomic mass is 9.96. The lowest BCUT2D eigenvalue weighted by Crippen LogP contribution is -3.00. The summed E-state index contributed by atoms with van der Waals surface area (Å²) in [4.78, 5) is 0. The molecular weight excluding hydrogens is 245 g/mol. The highest BCUT2D eigenvalue weighted by atomic mass is 35.5. The number of hydrogen-bond acceptors (Lipinski definition) is 2. The van der Waals surface area contributed by atoms with Crippen molar-refractivity contribution in [3.8, 4) is 0 Å². The molecule has 92 valence electrons. The van der Waals surface area contributed by atoms with Crippen molar-refractivity contribution < 1.29 is 17.5 Å². The first kappa shape index (κ1) is 15.7. The van der Waals surface area contributed by atoms with Crippen molar-refractivity contribution in [3.63, 3.8) is 0 Å². The monoisotopic (exact) mass is 262 g/mol. The molecule has 0 saturated carbocycles. The minimum Gasteiger partial charge on any atom is -1.00 e. The standard InChI is InChI=1S/C12H18ClNO.ClH/c1-9(2)14-8-12(3,15)10-4-6-11(13)7-5-10;/h4-7,9,14-15H,8H2,1-3H3;1H/p-1. The van der Waals surface area contributed by atoms with Crippen molar-refractivity contribution in [1.29, 1.82) is 0 Å². The van der Waals surface area contributed by atoms with E-state index in [0.717, 1.165) is 5.56 Å². The predicted octanol–water partition coefficient (Wildman–Crippen LogP) is -0.450. The lowest BCUT2D eigenvalue weighted by molar-refractivity contribution is -0.0000102. The third-order valence-corrected chi connectivity index (χ3v) is 2.57. The van der Waals surface area contributed by atoms with Gasteiger partial charge in [-0.15, -0.1) is 0 Å². The van der Waals surface area contributed by atoms with E-state index >= 15 is 0 Å². The highest BCUT2D eigenvalue weighted by Gasteiger charge is 2.22. The molecule has 0 aliphatic carbocycles. The summed E-state index contributed by atoms with van der Waals surface area (Å²) in [5, 5.41) is 14.1. The fraction of sp³-hybridized carbons (Fsp3) is 0.500. The molecule has 0 bridgehead atoms. The molecule has 4 heteroatoms. The van der Waals surface area contributed by atoms with E-state index in [-0.39, 0.29) is 12.4 Å². The second-order valence-electron chi connectivity index (χ2n) is 4.32. The summed E-state index contributed by atoms with van der Waals surface area (Å²) in [6, 6.07) is 7.65. The van der Waals surface area contributed by atoms with E-state index in [2.05, 4.69) is 19.2 Å². The van der Waals surface area contributed by atoms with Gasteiger partial charge in [0.15, 0.2) is 0 Å². The zero-order chi connectivity index (χ0) is 11.5. The van der Waals surface area contributed by atoms with E-state index in [9.17, 15) is 5.11 Å². The molecular formula is C12H18Cl2NO-. The summed E-state index contributed by atoms with van der Waals surface area (Å²) in [6.07, 6.45) is 0. The van der Waals surface area contributed by atoms with Crippen molar-refractivity contribution in [2.75, 3.05) is 6.54 Å². The summed E-state index contributed by atoms with van der Waals surface area (Å²) < 4.78 is 0. The van der Waals surface area contributed by atoms with Gasteiger partial charge in [0.25, 0.3) is 0 Å². The van der Waals surface area contributed by atoms with Crippen LogP contribution in [0.2, 0.25) is 5.02 Å². The van der Waals surface area contributed by atoms with Gasteiger partial charge < -0.3 is 22.8 Å². The first-order chi connectivity index (χ1) is 6.92. The van der Waals surface area contributed by atoms with Gasteiger partial charge in [-0.25, -0.2) is 0 Å². The number of aliphatic hydroxyl groups is 1. The molecule has 16 heavy (non-hydrogen) atoms. The molecule has 0 aliphatic heterocycles. The second-order valence-corrected chi connectivity index (χ2v) is 4.75. The Morgan fingerprint density at radius 3 is 2.25 bits per heavy atom. The Labute approximate surface area is 108 Å². The first-order valence-electron chi connectivity index (χ1n) is 5.13. The van der Waals surface area contributed by atoms with E-state index in [1.165, 1.54) is 0 Å². The molecule has 0 aromatic heterocycles. The fourth-order valence-electron chi connectivity index (χ4n) is 1.31. The maximum atomic E-state index is 10.2. The second kappa shape index (κ2) is 6.45. The summed E-state index contributed by atoms with van der Waals surface area (Å²) in [7, 11) is 0. The molecule has 0 radical (unpaired) electrons. The highest BCUT2D eigenvalue weighted by molar-refractivity contribution is 6.30. The Bertz CT molecular complexity index is 309. The minimum absolute atomic E-state index is 0. The van der Waals surface area contributed by atoms with Crippen LogP contribution in [0.15, 0.2) is 24.3 Å². The third-order valence-electron chi connectivity index (χ3n) is 2.32. The van der Waals surface area contributed by atoms with Crippen LogP contribution in [0.1, 0.15) is 26.3 Å². The SMILES string of the molecule is CC(C)NCC(C)(O)c1ccc(Cl)cc1.[Cl-]. The summed E-state index contributed by atoms with van der Waals surface area (Å²) in [5.41, 5.74) is 0.0227. The Morgan fingerprint density at radius 1 is 1.31 bits per heavy atom. The number of benzene rings is 1. The quantitative estimate of drug-likeness (QED) is 0.771. The molecule has 0 fully saturated rings. The minimum atomic E-state index is -0.852. The lowest BCUT2D eigenvalue weighted by Gasteiger charge is -2.25. The Morgan fingerprint density at radius 2 is 1.81 bits per heavy atom. The van der Waals surface area contributed by atoms with Crippen molar-refractivity contribution in [2.24, 2.45) is 0 Å². The molecule has 0 aliphatic rings. The Kier molecular flexibility index (Phi) is 6.34. The highest BCUT2D eigenvalue weighted by Crippen LogP contribution is 2.21. The maximum absolute atomic E-state index is 10.2. The van der Waals surface area contributed by atoms with Crippen molar-refractivity contribution in [1.82, 2.24) is 5.32 Å². The van der Waals surface area contributed by atoms with Gasteiger partial charge in [-0.05, 0) is 24.6 Å². The topological polar surface area (TPSA) is 32.3 Å². The van der Waals surface area contributed by atoms with Crippen molar-refractivity contribution in [2.45, 2.75) is 32.4 Å². The zero-order valence-electron chi connectivity index (χ0n) is 9.80. The van der Waals surface area contributed by atoms with E-state index in [0.29, 0.717) is 17.6 Å². The molecule has 1 rings (SSSR count). The first-order valence-corrected chi connectivity index (χ1v) is 5.51. The van der Waals surface area contributed by atoms with Gasteiger partial charge in [0, 0.05) is 17.6 Å². The summed E-state index contributed by atoms with van der Waals surface area (Å²) >= 11 is 5.79. The average Bonchev–Trinajstić information content (AvgIpc) is 2.16. The maximum Gasteiger partial charge on any atom is 0.0992 e. The van der Waals surface area contributed by atoms with Gasteiger partial charge in [-0.2, -0.15) is 0 Å². The van der Waals surface area contributed by atoms with Crippen molar-refractivity contribution >= 4 is 11.6 Å². The van der Waals surface area contributed by atoms with Crippen LogP contribution in [0.25, 0.3) is 0 Å². The number of rotatable bonds is 4. The Hall–Kier alpha value is -0.280. The van der Waals surface area contributed by atoms with Crippen LogP contribution >= 0.6 is 11.6 Å². The third kappa shape index (κ3) is 4.71. The van der Waals surface area contributed by atoms with Crippen LogP contribution in [0, 0.1) is 0 Å². The normalized spacial score (nSPS) is 14.4. The molecule has 1 aromatic rings. The van der Waals surface area contributed by atoms with Crippen LogP contribution in [-0.4, -0.2) is 17.7 Å². The molecule has 0 spiro atoms. The van der Waals surface area contributed by atoms with Gasteiger partial charge >= 0.3 is 0 Å². The molecule has 0 heterocycles. The molecule has 1 atom stereocenters. The number of halogens is 2. The van der Waals surface area contributed by atoms with Crippen LogP contribution in [0.5, 0.6) is 0 Å². The van der Waals surface area contributed by atoms with E-state index in [1.807, 2.05) is 12.1 Å². The van der Waals surface area contributed by atoms with Crippen LogP contribution in [-0.2, 0) is 5.60 Å². The zero-order valence-corrected chi connectivity index (χ0v) is 11.3. The van der Waals surface area contributed by atoms with Crippen LogP contribution in [0.4, 0.5) is 0 Å². The molecule has 1 unspecified atom stereocenters. The average molecular weight is 263 g/mol. The van der Waals surface area contributed by atoms with E-state index < -0.39 is 5.60 Å². The van der Waals surface area contributed by atoms with Crippen LogP contribution < -0.4 is 17.7 Å². The van der Waals surface area contributed by atoms with Gasteiger partial charge in [0.2, 0.25) is 0 Å². The smallest absolute Gasteiger partial charge is 0.0992 e. The van der Waals surface area contributed by atoms with Gasteiger partial charge in [-0.1, -0.05) is 37.6 Å².